The lowest BCUT2D eigenvalue weighted by Gasteiger charge is -2.09. The molecule has 0 amide bonds. The minimum Gasteiger partial charge on any atom is -0.0645 e. The molecule has 0 N–H and O–H groups in total. The highest BCUT2D eigenvalue weighted by Gasteiger charge is 2.26. The highest BCUT2D eigenvalue weighted by molar-refractivity contribution is 5.78. The Bertz CT molecular complexity index is 451. The third-order valence-corrected chi connectivity index (χ3v) is 3.27. The molecule has 0 nitrogen and oxygen atoms in total. The molecule has 1 atom stereocenters. The smallest absolute Gasteiger partial charge is 0.0105 e. The van der Waals surface area contributed by atoms with Crippen molar-refractivity contribution in [3.05, 3.63) is 59.7 Å². The molecular formula is C15H13. The van der Waals surface area contributed by atoms with Crippen LogP contribution in [0.3, 0.4) is 0 Å². The van der Waals surface area contributed by atoms with Gasteiger partial charge < -0.3 is 0 Å². The first-order chi connectivity index (χ1) is 7.42. The van der Waals surface area contributed by atoms with Crippen molar-refractivity contribution in [3.8, 4) is 11.1 Å². The molecule has 0 heteroatoms. The second-order valence-corrected chi connectivity index (χ2v) is 4.05. The van der Waals surface area contributed by atoms with Gasteiger partial charge in [0.15, 0.2) is 0 Å². The molecule has 1 unspecified atom stereocenters. The molecular weight excluding hydrogens is 180 g/mol. The van der Waals surface area contributed by atoms with Crippen LogP contribution in [0.5, 0.6) is 0 Å². The molecule has 0 bridgehead atoms. The van der Waals surface area contributed by atoms with E-state index < -0.39 is 0 Å². The average Bonchev–Trinajstić information content (AvgIpc) is 2.63. The van der Waals surface area contributed by atoms with Gasteiger partial charge in [-0.15, -0.1) is 0 Å². The molecule has 1 radical (unpaired) electrons. The van der Waals surface area contributed by atoms with Crippen molar-refractivity contribution in [2.75, 3.05) is 0 Å². The first kappa shape index (κ1) is 8.72. The van der Waals surface area contributed by atoms with E-state index in [2.05, 4.69) is 49.4 Å². The summed E-state index contributed by atoms with van der Waals surface area (Å²) >= 11 is 0. The Hall–Kier alpha value is -1.56. The van der Waals surface area contributed by atoms with Crippen LogP contribution < -0.4 is 0 Å². The van der Waals surface area contributed by atoms with Crippen molar-refractivity contribution in [2.24, 2.45) is 0 Å². The molecule has 0 heterocycles. The van der Waals surface area contributed by atoms with Crippen molar-refractivity contribution in [2.45, 2.75) is 19.3 Å². The van der Waals surface area contributed by atoms with Crippen LogP contribution in [-0.4, -0.2) is 0 Å². The molecule has 0 spiro atoms. The Morgan fingerprint density at radius 2 is 1.87 bits per heavy atom. The number of fused-ring (bicyclic) bond motifs is 3. The predicted molar refractivity (Wildman–Crippen MR) is 62.8 cm³/mol. The molecule has 0 saturated carbocycles. The Morgan fingerprint density at radius 3 is 2.73 bits per heavy atom. The summed E-state index contributed by atoms with van der Waals surface area (Å²) in [6, 6.07) is 18.4. The van der Waals surface area contributed by atoms with Crippen LogP contribution in [0.4, 0.5) is 0 Å². The summed E-state index contributed by atoms with van der Waals surface area (Å²) in [7, 11) is 0. The fourth-order valence-electron chi connectivity index (χ4n) is 2.60. The highest BCUT2D eigenvalue weighted by Crippen LogP contribution is 2.45. The van der Waals surface area contributed by atoms with E-state index in [1.165, 1.54) is 22.3 Å². The molecule has 0 fully saturated rings. The Balaban J connectivity index is 2.31. The highest BCUT2D eigenvalue weighted by atomic mass is 14.3. The van der Waals surface area contributed by atoms with Gasteiger partial charge in [0.05, 0.1) is 0 Å². The molecule has 1 aliphatic carbocycles. The molecule has 0 aliphatic heterocycles. The summed E-state index contributed by atoms with van der Waals surface area (Å²) < 4.78 is 0. The van der Waals surface area contributed by atoms with Crippen LogP contribution in [0.15, 0.2) is 42.5 Å². The topological polar surface area (TPSA) is 0 Å². The summed E-state index contributed by atoms with van der Waals surface area (Å²) in [4.78, 5) is 0. The quantitative estimate of drug-likeness (QED) is 0.642. The minimum atomic E-state index is 0.553. The van der Waals surface area contributed by atoms with Gasteiger partial charge in [0.2, 0.25) is 0 Å². The third kappa shape index (κ3) is 1.14. The summed E-state index contributed by atoms with van der Waals surface area (Å²) in [5.74, 6) is 0.553. The molecule has 0 aromatic heterocycles. The van der Waals surface area contributed by atoms with E-state index in [1.807, 2.05) is 6.07 Å². The zero-order valence-electron chi connectivity index (χ0n) is 8.83. The van der Waals surface area contributed by atoms with E-state index in [1.54, 1.807) is 0 Å². The number of hydrogen-bond acceptors (Lipinski definition) is 0. The van der Waals surface area contributed by atoms with Crippen LogP contribution >= 0.6 is 0 Å². The van der Waals surface area contributed by atoms with Gasteiger partial charge in [0, 0.05) is 5.92 Å². The van der Waals surface area contributed by atoms with Crippen molar-refractivity contribution in [1.82, 2.24) is 0 Å². The maximum atomic E-state index is 3.40. The lowest BCUT2D eigenvalue weighted by atomic mass is 9.95. The van der Waals surface area contributed by atoms with Crippen molar-refractivity contribution >= 4 is 0 Å². The van der Waals surface area contributed by atoms with E-state index in [0.29, 0.717) is 5.92 Å². The fourth-order valence-corrected chi connectivity index (χ4v) is 2.60. The van der Waals surface area contributed by atoms with Crippen molar-refractivity contribution in [3.63, 3.8) is 0 Å². The lowest BCUT2D eigenvalue weighted by molar-refractivity contribution is 0.796. The maximum absolute atomic E-state index is 3.40. The molecule has 0 saturated heterocycles. The van der Waals surface area contributed by atoms with Crippen molar-refractivity contribution in [1.29, 1.82) is 0 Å². The van der Waals surface area contributed by atoms with Gasteiger partial charge in [-0.2, -0.15) is 0 Å². The predicted octanol–water partition coefficient (Wildman–Crippen LogP) is 4.01. The van der Waals surface area contributed by atoms with Gasteiger partial charge in [-0.05, 0) is 34.7 Å². The zero-order chi connectivity index (χ0) is 10.3. The summed E-state index contributed by atoms with van der Waals surface area (Å²) in [6.07, 6.45) is 1.16. The summed E-state index contributed by atoms with van der Waals surface area (Å²) in [5, 5.41) is 0. The zero-order valence-corrected chi connectivity index (χ0v) is 8.83. The normalized spacial score (nSPS) is 13.7. The molecule has 3 rings (SSSR count). The largest absolute Gasteiger partial charge is 0.0645 e. The number of rotatable bonds is 1. The first-order valence-electron chi connectivity index (χ1n) is 5.51. The van der Waals surface area contributed by atoms with Crippen LogP contribution in [0.1, 0.15) is 30.4 Å². The third-order valence-electron chi connectivity index (χ3n) is 3.27. The fraction of sp³-hybridized carbons (Fsp3) is 0.200. The Kier molecular flexibility index (Phi) is 1.88. The van der Waals surface area contributed by atoms with Crippen LogP contribution in [-0.2, 0) is 0 Å². The van der Waals surface area contributed by atoms with Crippen LogP contribution in [0.2, 0.25) is 0 Å². The maximum Gasteiger partial charge on any atom is 0.0105 e. The lowest BCUT2D eigenvalue weighted by Crippen LogP contribution is -1.93. The molecule has 2 aromatic carbocycles. The van der Waals surface area contributed by atoms with E-state index in [0.717, 1.165) is 6.42 Å². The second-order valence-electron chi connectivity index (χ2n) is 4.05. The first-order valence-corrected chi connectivity index (χ1v) is 5.51. The molecule has 2 aromatic rings. The number of hydrogen-bond donors (Lipinski definition) is 0. The monoisotopic (exact) mass is 193 g/mol. The summed E-state index contributed by atoms with van der Waals surface area (Å²) in [6.45, 7) is 2.25. The Morgan fingerprint density at radius 1 is 1.07 bits per heavy atom. The number of benzene rings is 2. The van der Waals surface area contributed by atoms with Gasteiger partial charge in [-0.3, -0.25) is 0 Å². The van der Waals surface area contributed by atoms with Gasteiger partial charge in [-0.1, -0.05) is 49.4 Å². The SMILES string of the molecule is CCC1c2[c]cccc2-c2ccccc21. The summed E-state index contributed by atoms with van der Waals surface area (Å²) in [5.41, 5.74) is 5.62. The van der Waals surface area contributed by atoms with Crippen molar-refractivity contribution < 1.29 is 0 Å². The minimum absolute atomic E-state index is 0.553. The van der Waals surface area contributed by atoms with E-state index in [4.69, 9.17) is 0 Å². The second kappa shape index (κ2) is 3.23. The van der Waals surface area contributed by atoms with E-state index >= 15 is 0 Å². The standard InChI is InChI=1S/C15H13/c1-2-11-12-7-3-5-9-14(12)15-10-6-4-8-13(11)15/h3-7,9-11H,2H2,1H3. The molecule has 1 aliphatic rings. The van der Waals surface area contributed by atoms with Gasteiger partial charge in [0.1, 0.15) is 0 Å². The van der Waals surface area contributed by atoms with Crippen LogP contribution in [0.25, 0.3) is 11.1 Å². The van der Waals surface area contributed by atoms with Gasteiger partial charge in [0.25, 0.3) is 0 Å². The van der Waals surface area contributed by atoms with E-state index in [9.17, 15) is 0 Å². The average molecular weight is 193 g/mol. The van der Waals surface area contributed by atoms with Gasteiger partial charge >= 0.3 is 0 Å². The van der Waals surface area contributed by atoms with E-state index in [-0.39, 0.29) is 0 Å². The molecule has 15 heavy (non-hydrogen) atoms. The van der Waals surface area contributed by atoms with Crippen LogP contribution in [0, 0.1) is 6.07 Å². The molecule has 73 valence electrons. The van der Waals surface area contributed by atoms with Gasteiger partial charge in [-0.25, -0.2) is 0 Å². The Labute approximate surface area is 90.6 Å².